The molecule has 4 N–H and O–H groups in total. The normalized spacial score (nSPS) is 18.0. The summed E-state index contributed by atoms with van der Waals surface area (Å²) in [5.41, 5.74) is 15.6. The quantitative estimate of drug-likeness (QED) is 0.466. The molecule has 4 nitrogen and oxygen atoms in total. The second kappa shape index (κ2) is 11.2. The zero-order valence-electron chi connectivity index (χ0n) is 20.4. The van der Waals surface area contributed by atoms with Gasteiger partial charge in [-0.25, -0.2) is 0 Å². The molecule has 4 heteroatoms. The minimum absolute atomic E-state index is 0.256. The molecule has 182 valence electrons. The molecular formula is C30H40N2O2. The van der Waals surface area contributed by atoms with E-state index in [1.807, 2.05) is 12.1 Å². The maximum Gasteiger partial charge on any atom is 0.232 e. The Kier molecular flexibility index (Phi) is 8.07. The van der Waals surface area contributed by atoms with Crippen molar-refractivity contribution in [3.05, 3.63) is 70.8 Å². The van der Waals surface area contributed by atoms with E-state index in [-0.39, 0.29) is 18.2 Å². The van der Waals surface area contributed by atoms with Crippen molar-refractivity contribution in [2.45, 2.75) is 101 Å². The third-order valence-electron chi connectivity index (χ3n) is 8.33. The Morgan fingerprint density at radius 2 is 1.15 bits per heavy atom. The van der Waals surface area contributed by atoms with E-state index >= 15 is 0 Å². The van der Waals surface area contributed by atoms with Gasteiger partial charge in [0.2, 0.25) is 11.8 Å². The van der Waals surface area contributed by atoms with Gasteiger partial charge in [0.1, 0.15) is 0 Å². The summed E-state index contributed by atoms with van der Waals surface area (Å²) in [6.07, 6.45) is 13.4. The first-order valence-corrected chi connectivity index (χ1v) is 13.3. The molecule has 2 aliphatic carbocycles. The highest BCUT2D eigenvalue weighted by atomic mass is 16.1. The van der Waals surface area contributed by atoms with Crippen LogP contribution in [0.5, 0.6) is 0 Å². The lowest BCUT2D eigenvalue weighted by atomic mass is 9.64. The number of amides is 2. The summed E-state index contributed by atoms with van der Waals surface area (Å²) >= 11 is 0. The Hall–Kier alpha value is -2.62. The van der Waals surface area contributed by atoms with E-state index in [2.05, 4.69) is 36.4 Å². The summed E-state index contributed by atoms with van der Waals surface area (Å²) in [6, 6.07) is 16.9. The number of hydrogen-bond acceptors (Lipinski definition) is 2. The molecule has 2 aromatic carbocycles. The lowest BCUT2D eigenvalue weighted by Gasteiger charge is -2.39. The van der Waals surface area contributed by atoms with Gasteiger partial charge in [-0.05, 0) is 72.6 Å². The predicted molar refractivity (Wildman–Crippen MR) is 138 cm³/mol. The topological polar surface area (TPSA) is 86.2 Å². The molecule has 2 fully saturated rings. The van der Waals surface area contributed by atoms with Gasteiger partial charge in [0.15, 0.2) is 0 Å². The molecule has 2 aromatic rings. The van der Waals surface area contributed by atoms with Crippen molar-refractivity contribution < 1.29 is 9.59 Å². The Morgan fingerprint density at radius 1 is 0.706 bits per heavy atom. The SMILES string of the molecule is NC(=O)CCCC(C(N)=O)(c1ccccc1C1CCCCC1)c1ccccc1C1CCCCC1. The van der Waals surface area contributed by atoms with Crippen LogP contribution in [0.3, 0.4) is 0 Å². The predicted octanol–water partition coefficient (Wildman–Crippen LogP) is 6.21. The number of rotatable bonds is 9. The zero-order chi connectivity index (χ0) is 24.0. The molecule has 0 atom stereocenters. The van der Waals surface area contributed by atoms with Gasteiger partial charge in [-0.3, -0.25) is 9.59 Å². The fourth-order valence-electron chi connectivity index (χ4n) is 6.64. The number of nitrogens with two attached hydrogens (primary N) is 2. The largest absolute Gasteiger partial charge is 0.370 e. The molecule has 0 radical (unpaired) electrons. The van der Waals surface area contributed by atoms with Crippen molar-refractivity contribution in [2.75, 3.05) is 0 Å². The number of primary amides is 2. The minimum Gasteiger partial charge on any atom is -0.370 e. The second-order valence-corrected chi connectivity index (χ2v) is 10.4. The van der Waals surface area contributed by atoms with Gasteiger partial charge >= 0.3 is 0 Å². The van der Waals surface area contributed by atoms with Crippen LogP contribution in [0.15, 0.2) is 48.5 Å². The van der Waals surface area contributed by atoms with Gasteiger partial charge in [0, 0.05) is 6.42 Å². The highest BCUT2D eigenvalue weighted by molar-refractivity contribution is 5.92. The van der Waals surface area contributed by atoms with E-state index in [9.17, 15) is 9.59 Å². The summed E-state index contributed by atoms with van der Waals surface area (Å²) in [4.78, 5) is 25.3. The molecule has 2 aliphatic rings. The zero-order valence-corrected chi connectivity index (χ0v) is 20.4. The van der Waals surface area contributed by atoms with Crippen LogP contribution in [0.25, 0.3) is 0 Å². The minimum atomic E-state index is -0.961. The fraction of sp³-hybridized carbons (Fsp3) is 0.533. The van der Waals surface area contributed by atoms with Crippen molar-refractivity contribution >= 4 is 11.8 Å². The van der Waals surface area contributed by atoms with Crippen LogP contribution in [0.4, 0.5) is 0 Å². The molecule has 2 saturated carbocycles. The van der Waals surface area contributed by atoms with Gasteiger partial charge in [0.25, 0.3) is 0 Å². The lowest BCUT2D eigenvalue weighted by molar-refractivity contribution is -0.123. The maximum absolute atomic E-state index is 13.7. The Morgan fingerprint density at radius 3 is 1.56 bits per heavy atom. The molecule has 0 saturated heterocycles. The van der Waals surface area contributed by atoms with Gasteiger partial charge in [-0.1, -0.05) is 87.1 Å². The van der Waals surface area contributed by atoms with Crippen LogP contribution in [0, 0.1) is 0 Å². The highest BCUT2D eigenvalue weighted by Crippen LogP contribution is 2.47. The Labute approximate surface area is 204 Å². The van der Waals surface area contributed by atoms with Crippen molar-refractivity contribution in [1.82, 2.24) is 0 Å². The maximum atomic E-state index is 13.7. The molecule has 0 aromatic heterocycles. The van der Waals surface area contributed by atoms with Crippen molar-refractivity contribution in [3.8, 4) is 0 Å². The van der Waals surface area contributed by atoms with Gasteiger partial charge < -0.3 is 11.5 Å². The van der Waals surface area contributed by atoms with Gasteiger partial charge in [-0.2, -0.15) is 0 Å². The van der Waals surface area contributed by atoms with E-state index in [4.69, 9.17) is 11.5 Å². The van der Waals surface area contributed by atoms with E-state index < -0.39 is 5.41 Å². The number of hydrogen-bond donors (Lipinski definition) is 2. The Balaban J connectivity index is 1.89. The number of carbonyl (C=O) groups is 2. The summed E-state index contributed by atoms with van der Waals surface area (Å²) in [7, 11) is 0. The van der Waals surface area contributed by atoms with Crippen LogP contribution in [0.1, 0.15) is 118 Å². The number of carbonyl (C=O) groups excluding carboxylic acids is 2. The first-order chi connectivity index (χ1) is 16.5. The van der Waals surface area contributed by atoms with Crippen LogP contribution in [-0.4, -0.2) is 11.8 Å². The van der Waals surface area contributed by atoms with E-state index in [0.29, 0.717) is 24.7 Å². The summed E-state index contributed by atoms with van der Waals surface area (Å²) in [5.74, 6) is 0.242. The molecule has 34 heavy (non-hydrogen) atoms. The van der Waals surface area contributed by atoms with Crippen LogP contribution in [0.2, 0.25) is 0 Å². The first-order valence-electron chi connectivity index (χ1n) is 13.3. The van der Waals surface area contributed by atoms with Crippen molar-refractivity contribution in [2.24, 2.45) is 11.5 Å². The lowest BCUT2D eigenvalue weighted by Crippen LogP contribution is -2.44. The molecule has 4 rings (SSSR count). The molecule has 0 spiro atoms. The number of benzene rings is 2. The summed E-state index contributed by atoms with van der Waals surface area (Å²) in [5, 5.41) is 0. The molecular weight excluding hydrogens is 420 g/mol. The van der Waals surface area contributed by atoms with Crippen LogP contribution < -0.4 is 11.5 Å². The smallest absolute Gasteiger partial charge is 0.232 e. The van der Waals surface area contributed by atoms with Gasteiger partial charge in [-0.15, -0.1) is 0 Å². The third kappa shape index (κ3) is 5.06. The van der Waals surface area contributed by atoms with E-state index in [1.54, 1.807) is 0 Å². The van der Waals surface area contributed by atoms with Crippen LogP contribution in [-0.2, 0) is 15.0 Å². The van der Waals surface area contributed by atoms with E-state index in [0.717, 1.165) is 36.8 Å². The fourth-order valence-corrected chi connectivity index (χ4v) is 6.64. The molecule has 0 heterocycles. The molecule has 2 amide bonds. The van der Waals surface area contributed by atoms with Gasteiger partial charge in [0.05, 0.1) is 5.41 Å². The monoisotopic (exact) mass is 460 g/mol. The average molecular weight is 461 g/mol. The highest BCUT2D eigenvalue weighted by Gasteiger charge is 2.44. The van der Waals surface area contributed by atoms with E-state index in [1.165, 1.54) is 49.7 Å². The molecule has 0 aliphatic heterocycles. The second-order valence-electron chi connectivity index (χ2n) is 10.4. The first kappa shape index (κ1) is 24.5. The van der Waals surface area contributed by atoms with Crippen molar-refractivity contribution in [3.63, 3.8) is 0 Å². The Bertz CT molecular complexity index is 925. The average Bonchev–Trinajstić information content (AvgIpc) is 2.87. The van der Waals surface area contributed by atoms with Crippen LogP contribution >= 0.6 is 0 Å². The summed E-state index contributed by atoms with van der Waals surface area (Å²) in [6.45, 7) is 0. The van der Waals surface area contributed by atoms with Crippen molar-refractivity contribution in [1.29, 1.82) is 0 Å². The molecule has 0 unspecified atom stereocenters. The summed E-state index contributed by atoms with van der Waals surface area (Å²) < 4.78 is 0. The molecule has 0 bridgehead atoms. The third-order valence-corrected chi connectivity index (χ3v) is 8.33. The standard InChI is InChI=1S/C30H40N2O2/c31-28(33)20-11-21-30(29(32)34,26-18-9-7-16-24(26)22-12-3-1-4-13-22)27-19-10-8-17-25(27)23-14-5-2-6-15-23/h7-10,16-19,22-23H,1-6,11-15,20-21H2,(H2,31,33)(H2,32,34).